The Hall–Kier alpha value is -0.890. The Labute approximate surface area is 130 Å². The minimum absolute atomic E-state index is 0.000653. The molecule has 0 aromatic carbocycles. The Morgan fingerprint density at radius 1 is 1.09 bits per heavy atom. The van der Waals surface area contributed by atoms with E-state index in [0.29, 0.717) is 6.61 Å². The number of piperidine rings is 1. The van der Waals surface area contributed by atoms with E-state index >= 15 is 0 Å². The number of aliphatic hydroxyl groups excluding tert-OH is 3. The van der Waals surface area contributed by atoms with E-state index < -0.39 is 36.7 Å². The van der Waals surface area contributed by atoms with Gasteiger partial charge in [0.25, 0.3) is 0 Å². The summed E-state index contributed by atoms with van der Waals surface area (Å²) in [5.41, 5.74) is 0. The van der Waals surface area contributed by atoms with Crippen LogP contribution in [0.2, 0.25) is 0 Å². The van der Waals surface area contributed by atoms with Crippen molar-refractivity contribution in [1.29, 1.82) is 0 Å². The normalized spacial score (nSPS) is 34.6. The van der Waals surface area contributed by atoms with Crippen molar-refractivity contribution < 1.29 is 29.6 Å². The number of hydrogen-bond donors (Lipinski definition) is 3. The zero-order chi connectivity index (χ0) is 16.1. The van der Waals surface area contributed by atoms with E-state index in [9.17, 15) is 20.1 Å². The Balaban J connectivity index is 1.81. The number of carbonyl (C=O) groups excluding carboxylic acids is 1. The van der Waals surface area contributed by atoms with Gasteiger partial charge in [0.05, 0.1) is 0 Å². The van der Waals surface area contributed by atoms with Crippen molar-refractivity contribution in [2.24, 2.45) is 0 Å². The summed E-state index contributed by atoms with van der Waals surface area (Å²) in [4.78, 5) is 13.0. The first kappa shape index (κ1) is 17.5. The minimum atomic E-state index is -1.34. The minimum Gasteiger partial charge on any atom is -0.447 e. The lowest BCUT2D eigenvalue weighted by molar-refractivity contribution is -0.211. The molecule has 2 fully saturated rings. The second-order valence-electron chi connectivity index (χ2n) is 6.05. The summed E-state index contributed by atoms with van der Waals surface area (Å²) in [7, 11) is 0. The highest BCUT2D eigenvalue weighted by molar-refractivity contribution is 5.71. The van der Waals surface area contributed by atoms with Gasteiger partial charge in [0.15, 0.2) is 6.23 Å². The second-order valence-corrected chi connectivity index (χ2v) is 6.05. The topological polar surface area (TPSA) is 99.5 Å². The van der Waals surface area contributed by atoms with E-state index in [0.717, 1.165) is 19.3 Å². The molecule has 0 bridgehead atoms. The first-order valence-electron chi connectivity index (χ1n) is 8.18. The lowest BCUT2D eigenvalue weighted by atomic mass is 9.94. The van der Waals surface area contributed by atoms with E-state index in [1.807, 2.05) is 0 Å². The Kier molecular flexibility index (Phi) is 6.43. The fourth-order valence-corrected chi connectivity index (χ4v) is 3.03. The molecule has 2 heterocycles. The summed E-state index contributed by atoms with van der Waals surface area (Å²) in [5.74, 6) is 0. The van der Waals surface area contributed by atoms with Crippen LogP contribution in [0.3, 0.4) is 0 Å². The first-order valence-corrected chi connectivity index (χ1v) is 8.18. The molecule has 22 heavy (non-hydrogen) atoms. The van der Waals surface area contributed by atoms with Crippen molar-refractivity contribution in [1.82, 2.24) is 4.90 Å². The summed E-state index contributed by atoms with van der Waals surface area (Å²) in [5, 5.41) is 29.8. The van der Waals surface area contributed by atoms with E-state index in [2.05, 4.69) is 6.92 Å². The fraction of sp³-hybridized carbons (Fsp3) is 0.933. The van der Waals surface area contributed by atoms with Crippen LogP contribution in [-0.2, 0) is 9.47 Å². The molecule has 2 aliphatic rings. The smallest absolute Gasteiger partial charge is 0.412 e. The average Bonchev–Trinajstić information content (AvgIpc) is 2.89. The highest BCUT2D eigenvalue weighted by atomic mass is 16.6. The fourth-order valence-electron chi connectivity index (χ4n) is 3.03. The predicted octanol–water partition coefficient (Wildman–Crippen LogP) is 0.607. The molecule has 0 aromatic heterocycles. The third-order valence-electron chi connectivity index (χ3n) is 4.39. The van der Waals surface area contributed by atoms with Gasteiger partial charge in [0, 0.05) is 6.61 Å². The highest BCUT2D eigenvalue weighted by Gasteiger charge is 2.54. The lowest BCUT2D eigenvalue weighted by Crippen LogP contribution is -2.66. The summed E-state index contributed by atoms with van der Waals surface area (Å²) >= 11 is 0. The number of nitrogens with zero attached hydrogens (tertiary/aromatic N) is 1. The van der Waals surface area contributed by atoms with Gasteiger partial charge in [-0.3, -0.25) is 4.90 Å². The number of carbonyl (C=O) groups is 1. The van der Waals surface area contributed by atoms with E-state index in [1.165, 1.54) is 24.2 Å². The van der Waals surface area contributed by atoms with Crippen molar-refractivity contribution in [3.05, 3.63) is 0 Å². The number of hydrogen-bond acceptors (Lipinski definition) is 6. The molecule has 3 N–H and O–H groups in total. The van der Waals surface area contributed by atoms with E-state index in [1.54, 1.807) is 0 Å². The zero-order valence-electron chi connectivity index (χ0n) is 13.1. The highest BCUT2D eigenvalue weighted by Crippen LogP contribution is 2.30. The molecule has 0 radical (unpaired) electrons. The quantitative estimate of drug-likeness (QED) is 0.567. The van der Waals surface area contributed by atoms with Crippen LogP contribution in [0.5, 0.6) is 0 Å². The lowest BCUT2D eigenvalue weighted by Gasteiger charge is -2.43. The number of ether oxygens (including phenoxy) is 2. The van der Waals surface area contributed by atoms with Crippen LogP contribution < -0.4 is 0 Å². The largest absolute Gasteiger partial charge is 0.447 e. The SMILES string of the molecule is CCCCCCCCO[C@@H]1[C@H](O)[C@@H](O)[C@H](O)[C@H]2COC(=O)N21. The van der Waals surface area contributed by atoms with Gasteiger partial charge in [-0.15, -0.1) is 0 Å². The molecular formula is C15H27NO6. The third kappa shape index (κ3) is 3.71. The molecule has 2 rings (SSSR count). The van der Waals surface area contributed by atoms with Crippen LogP contribution in [0.1, 0.15) is 45.4 Å². The molecule has 128 valence electrons. The van der Waals surface area contributed by atoms with Gasteiger partial charge in [0.2, 0.25) is 0 Å². The van der Waals surface area contributed by atoms with Gasteiger partial charge < -0.3 is 24.8 Å². The van der Waals surface area contributed by atoms with Crippen LogP contribution in [0.4, 0.5) is 4.79 Å². The molecule has 0 aliphatic carbocycles. The third-order valence-corrected chi connectivity index (χ3v) is 4.39. The maximum Gasteiger partial charge on any atom is 0.412 e. The molecule has 0 spiro atoms. The van der Waals surface area contributed by atoms with Crippen molar-refractivity contribution in [3.63, 3.8) is 0 Å². The van der Waals surface area contributed by atoms with Crippen LogP contribution in [0.15, 0.2) is 0 Å². The van der Waals surface area contributed by atoms with Crippen molar-refractivity contribution in [2.45, 2.75) is 76.0 Å². The van der Waals surface area contributed by atoms with Crippen LogP contribution in [0, 0.1) is 0 Å². The number of cyclic esters (lactones) is 1. The number of rotatable bonds is 8. The molecule has 0 unspecified atom stereocenters. The number of unbranched alkanes of at least 4 members (excludes halogenated alkanes) is 5. The van der Waals surface area contributed by atoms with Gasteiger partial charge in [-0.05, 0) is 6.42 Å². The molecule has 0 aromatic rings. The van der Waals surface area contributed by atoms with E-state index in [-0.39, 0.29) is 6.61 Å². The maximum absolute atomic E-state index is 11.7. The van der Waals surface area contributed by atoms with Crippen LogP contribution in [0.25, 0.3) is 0 Å². The predicted molar refractivity (Wildman–Crippen MR) is 78.1 cm³/mol. The van der Waals surface area contributed by atoms with E-state index in [4.69, 9.17) is 9.47 Å². The molecule has 7 heteroatoms. The summed E-state index contributed by atoms with van der Waals surface area (Å²) < 4.78 is 10.5. The van der Waals surface area contributed by atoms with Gasteiger partial charge in [-0.1, -0.05) is 39.0 Å². The molecule has 1 amide bonds. The van der Waals surface area contributed by atoms with Gasteiger partial charge in [0.1, 0.15) is 31.0 Å². The van der Waals surface area contributed by atoms with Gasteiger partial charge in [-0.25, -0.2) is 4.79 Å². The standard InChI is InChI=1S/C15H27NO6/c1-2-3-4-5-6-7-8-21-14-13(19)12(18)11(17)10-9-22-15(20)16(10)14/h10-14,17-19H,2-9H2,1H3/t10-,11-,12+,13-,14-/m1/s1. The van der Waals surface area contributed by atoms with Gasteiger partial charge >= 0.3 is 6.09 Å². The average molecular weight is 317 g/mol. The van der Waals surface area contributed by atoms with Crippen molar-refractivity contribution >= 4 is 6.09 Å². The summed E-state index contributed by atoms with van der Waals surface area (Å²) in [6.45, 7) is 2.56. The summed E-state index contributed by atoms with van der Waals surface area (Å²) in [6, 6.07) is -0.666. The second kappa shape index (κ2) is 8.10. The molecule has 5 atom stereocenters. The monoisotopic (exact) mass is 317 g/mol. The first-order chi connectivity index (χ1) is 10.6. The van der Waals surface area contributed by atoms with Gasteiger partial charge in [-0.2, -0.15) is 0 Å². The van der Waals surface area contributed by atoms with Crippen LogP contribution >= 0.6 is 0 Å². The number of fused-ring (bicyclic) bond motifs is 1. The number of amides is 1. The van der Waals surface area contributed by atoms with Crippen molar-refractivity contribution in [3.8, 4) is 0 Å². The Bertz CT molecular complexity index is 366. The molecule has 0 saturated carbocycles. The molecule has 2 aliphatic heterocycles. The molecular weight excluding hydrogens is 290 g/mol. The number of aliphatic hydroxyl groups is 3. The summed E-state index contributed by atoms with van der Waals surface area (Å²) in [6.07, 6.45) is 1.14. The Morgan fingerprint density at radius 3 is 2.50 bits per heavy atom. The zero-order valence-corrected chi connectivity index (χ0v) is 13.1. The molecule has 2 saturated heterocycles. The maximum atomic E-state index is 11.7. The molecule has 7 nitrogen and oxygen atoms in total. The van der Waals surface area contributed by atoms with Crippen molar-refractivity contribution in [2.75, 3.05) is 13.2 Å². The van der Waals surface area contributed by atoms with Crippen LogP contribution in [-0.4, -0.2) is 70.1 Å². The Morgan fingerprint density at radius 2 is 1.77 bits per heavy atom.